The Kier molecular flexibility index (Phi) is 10.4. The van der Waals surface area contributed by atoms with Gasteiger partial charge >= 0.3 is 11.9 Å². The van der Waals surface area contributed by atoms with Gasteiger partial charge in [0, 0.05) is 18.4 Å². The highest BCUT2D eigenvalue weighted by molar-refractivity contribution is 5.81. The summed E-state index contributed by atoms with van der Waals surface area (Å²) < 4.78 is 6.17. The standard InChI is InChI=1S/C42H70N2O5/c1-27(2)28-15-20-42(25-33(45)43-23-12-24-44(10)11)22-21-40(8)29(35(28)42)13-14-31-39(7)18-17-32(49-34(46)26-37(3,4)36(47)48)38(5,6)30(39)16-19-41(31,40)9/h28-32,35H,1,12-26H2,2-11H3,(H,43,45)(H,47,48)/t28-,29+,30-,31+,32-,35+,39-,40+,41+,42+/m0/s1. The van der Waals surface area contributed by atoms with E-state index in [2.05, 4.69) is 72.4 Å². The lowest BCUT2D eigenvalue weighted by Gasteiger charge is -2.73. The number of amides is 1. The molecule has 49 heavy (non-hydrogen) atoms. The molecule has 5 saturated carbocycles. The molecule has 0 aromatic heterocycles. The zero-order chi connectivity index (χ0) is 36.4. The number of esters is 1. The molecular formula is C42H70N2O5. The van der Waals surface area contributed by atoms with E-state index in [0.29, 0.717) is 36.0 Å². The predicted octanol–water partition coefficient (Wildman–Crippen LogP) is 8.51. The summed E-state index contributed by atoms with van der Waals surface area (Å²) in [6.07, 6.45) is 12.6. The van der Waals surface area contributed by atoms with Gasteiger partial charge in [-0.25, -0.2) is 0 Å². The average molecular weight is 683 g/mol. The Morgan fingerprint density at radius 1 is 0.898 bits per heavy atom. The Morgan fingerprint density at radius 3 is 2.22 bits per heavy atom. The minimum absolute atomic E-state index is 0.0723. The van der Waals surface area contributed by atoms with E-state index < -0.39 is 11.4 Å². The SMILES string of the molecule is C=C(C)[C@@H]1CC[C@]2(CC(=O)NCCCN(C)C)CC[C@]3(C)[C@H](CC[C@@H]4[C@@]5(C)CC[C@H](OC(=O)CC(C)(C)C(=O)O)C(C)(C)[C@@H]5CC[C@]43C)[C@@H]12. The molecule has 0 heterocycles. The number of carbonyl (C=O) groups excluding carboxylic acids is 2. The molecule has 0 aromatic carbocycles. The molecule has 0 bridgehead atoms. The van der Waals surface area contributed by atoms with Crippen molar-refractivity contribution in [2.24, 2.45) is 62.1 Å². The smallest absolute Gasteiger partial charge is 0.309 e. The van der Waals surface area contributed by atoms with Gasteiger partial charge in [-0.2, -0.15) is 0 Å². The summed E-state index contributed by atoms with van der Waals surface area (Å²) in [6.45, 7) is 24.2. The third kappa shape index (κ3) is 6.43. The lowest BCUT2D eigenvalue weighted by molar-refractivity contribution is -0.250. The summed E-state index contributed by atoms with van der Waals surface area (Å²) in [5, 5.41) is 12.9. The number of fused-ring (bicyclic) bond motifs is 7. The molecule has 7 heteroatoms. The van der Waals surface area contributed by atoms with E-state index in [1.165, 1.54) is 37.7 Å². The van der Waals surface area contributed by atoms with Crippen molar-refractivity contribution in [1.82, 2.24) is 10.2 Å². The molecule has 0 aromatic rings. The molecule has 10 atom stereocenters. The van der Waals surface area contributed by atoms with E-state index in [4.69, 9.17) is 4.74 Å². The summed E-state index contributed by atoms with van der Waals surface area (Å²) in [7, 11) is 4.17. The molecule has 0 unspecified atom stereocenters. The maximum absolute atomic E-state index is 13.5. The van der Waals surface area contributed by atoms with Crippen LogP contribution in [0.25, 0.3) is 0 Å². The van der Waals surface area contributed by atoms with Gasteiger partial charge < -0.3 is 20.1 Å². The number of nitrogens with one attached hydrogen (secondary N) is 1. The third-order valence-electron chi connectivity index (χ3n) is 16.2. The van der Waals surface area contributed by atoms with Crippen molar-refractivity contribution in [2.45, 2.75) is 145 Å². The van der Waals surface area contributed by atoms with Crippen molar-refractivity contribution in [1.29, 1.82) is 0 Å². The van der Waals surface area contributed by atoms with Gasteiger partial charge in [-0.15, -0.1) is 0 Å². The number of carbonyl (C=O) groups is 3. The van der Waals surface area contributed by atoms with E-state index in [0.717, 1.165) is 51.6 Å². The first-order valence-electron chi connectivity index (χ1n) is 19.6. The van der Waals surface area contributed by atoms with Crippen molar-refractivity contribution in [2.75, 3.05) is 27.2 Å². The summed E-state index contributed by atoms with van der Waals surface area (Å²) in [5.41, 5.74) is 0.616. The van der Waals surface area contributed by atoms with Crippen LogP contribution in [0.1, 0.15) is 139 Å². The van der Waals surface area contributed by atoms with Crippen LogP contribution in [-0.2, 0) is 19.1 Å². The number of carboxylic acids is 1. The van der Waals surface area contributed by atoms with Gasteiger partial charge in [0.15, 0.2) is 0 Å². The highest BCUT2D eigenvalue weighted by Gasteiger charge is 2.71. The lowest BCUT2D eigenvalue weighted by atomic mass is 9.32. The van der Waals surface area contributed by atoms with E-state index >= 15 is 0 Å². The number of rotatable bonds is 11. The minimum atomic E-state index is -1.14. The third-order valence-corrected chi connectivity index (χ3v) is 16.2. The number of hydrogen-bond donors (Lipinski definition) is 2. The Bertz CT molecular complexity index is 1310. The second-order valence-electron chi connectivity index (χ2n) is 19.9. The molecule has 0 aliphatic heterocycles. The van der Waals surface area contributed by atoms with E-state index in [1.807, 2.05) is 0 Å². The van der Waals surface area contributed by atoms with Gasteiger partial charge in [-0.3, -0.25) is 14.4 Å². The molecule has 0 spiro atoms. The van der Waals surface area contributed by atoms with E-state index in [-0.39, 0.29) is 51.5 Å². The minimum Gasteiger partial charge on any atom is -0.481 e. The fraction of sp³-hybridized carbons (Fsp3) is 0.881. The second-order valence-corrected chi connectivity index (χ2v) is 19.9. The second kappa shape index (κ2) is 13.3. The van der Waals surface area contributed by atoms with Crippen molar-refractivity contribution >= 4 is 17.8 Å². The van der Waals surface area contributed by atoms with Crippen LogP contribution in [0.4, 0.5) is 0 Å². The molecule has 278 valence electrons. The lowest BCUT2D eigenvalue weighted by Crippen LogP contribution is -2.67. The van der Waals surface area contributed by atoms with Crippen molar-refractivity contribution in [3.05, 3.63) is 12.2 Å². The Labute approximate surface area is 298 Å². The molecule has 0 saturated heterocycles. The topological polar surface area (TPSA) is 95.9 Å². The molecule has 5 aliphatic carbocycles. The van der Waals surface area contributed by atoms with Gasteiger partial charge in [-0.1, -0.05) is 46.8 Å². The van der Waals surface area contributed by atoms with Crippen molar-refractivity contribution in [3.8, 4) is 0 Å². The molecule has 5 aliphatic rings. The van der Waals surface area contributed by atoms with Gasteiger partial charge in [0.25, 0.3) is 0 Å². The van der Waals surface area contributed by atoms with Gasteiger partial charge in [-0.05, 0) is 163 Å². The zero-order valence-corrected chi connectivity index (χ0v) is 32.8. The van der Waals surface area contributed by atoms with Crippen LogP contribution in [0, 0.1) is 62.1 Å². The van der Waals surface area contributed by atoms with Crippen molar-refractivity contribution < 1.29 is 24.2 Å². The predicted molar refractivity (Wildman–Crippen MR) is 196 cm³/mol. The number of hydrogen-bond acceptors (Lipinski definition) is 5. The maximum atomic E-state index is 13.5. The highest BCUT2D eigenvalue weighted by Crippen LogP contribution is 2.78. The fourth-order valence-electron chi connectivity index (χ4n) is 13.4. The van der Waals surface area contributed by atoms with Gasteiger partial charge in [0.2, 0.25) is 5.91 Å². The van der Waals surface area contributed by atoms with Gasteiger partial charge in [0.05, 0.1) is 11.8 Å². The van der Waals surface area contributed by atoms with Crippen LogP contribution in [0.5, 0.6) is 0 Å². The molecule has 1 amide bonds. The fourth-order valence-corrected chi connectivity index (χ4v) is 13.4. The van der Waals surface area contributed by atoms with Crippen LogP contribution in [0.2, 0.25) is 0 Å². The molecular weight excluding hydrogens is 612 g/mol. The first-order valence-corrected chi connectivity index (χ1v) is 19.6. The number of allylic oxidation sites excluding steroid dienone is 1. The molecule has 0 radical (unpaired) electrons. The van der Waals surface area contributed by atoms with Crippen LogP contribution >= 0.6 is 0 Å². The van der Waals surface area contributed by atoms with Crippen LogP contribution in [-0.4, -0.2) is 61.1 Å². The molecule has 5 rings (SSSR count). The number of aliphatic carboxylic acids is 1. The first-order chi connectivity index (χ1) is 22.6. The van der Waals surface area contributed by atoms with Gasteiger partial charge in [0.1, 0.15) is 6.10 Å². The van der Waals surface area contributed by atoms with E-state index in [1.54, 1.807) is 13.8 Å². The van der Waals surface area contributed by atoms with Crippen molar-refractivity contribution in [3.63, 3.8) is 0 Å². The normalized spacial score (nSPS) is 41.1. The largest absolute Gasteiger partial charge is 0.481 e. The van der Waals surface area contributed by atoms with E-state index in [9.17, 15) is 19.5 Å². The van der Waals surface area contributed by atoms with Crippen LogP contribution in [0.3, 0.4) is 0 Å². The summed E-state index contributed by atoms with van der Waals surface area (Å²) in [4.78, 5) is 40.5. The quantitative estimate of drug-likeness (QED) is 0.129. The molecule has 5 fully saturated rings. The number of nitrogens with zero attached hydrogens (tertiary/aromatic N) is 1. The highest BCUT2D eigenvalue weighted by atomic mass is 16.5. The zero-order valence-electron chi connectivity index (χ0n) is 32.8. The summed E-state index contributed by atoms with van der Waals surface area (Å²) in [6, 6.07) is 0. The molecule has 7 nitrogen and oxygen atoms in total. The monoisotopic (exact) mass is 683 g/mol. The molecule has 2 N–H and O–H groups in total. The first kappa shape index (κ1) is 38.3. The van der Waals surface area contributed by atoms with Crippen LogP contribution in [0.15, 0.2) is 12.2 Å². The summed E-state index contributed by atoms with van der Waals surface area (Å²) >= 11 is 0. The number of ether oxygens (including phenoxy) is 1. The Morgan fingerprint density at radius 2 is 1.59 bits per heavy atom. The maximum Gasteiger partial charge on any atom is 0.309 e. The summed E-state index contributed by atoms with van der Waals surface area (Å²) in [5.74, 6) is 1.52. The Balaban J connectivity index is 1.37. The Hall–Kier alpha value is -1.89. The van der Waals surface area contributed by atoms with Crippen LogP contribution < -0.4 is 5.32 Å². The number of carboxylic acid groups (broad SMARTS) is 1. The average Bonchev–Trinajstić information content (AvgIpc) is 3.36.